The van der Waals surface area contributed by atoms with E-state index in [0.29, 0.717) is 15.2 Å². The Hall–Kier alpha value is -2.45. The summed E-state index contributed by atoms with van der Waals surface area (Å²) < 4.78 is 19.2. The first kappa shape index (κ1) is 18.3. The number of hydrogen-bond acceptors (Lipinski definition) is 7. The van der Waals surface area contributed by atoms with Gasteiger partial charge in [0.15, 0.2) is 10.1 Å². The number of hydrogen-bond donors (Lipinski definition) is 1. The molecule has 0 fully saturated rings. The molecule has 0 bridgehead atoms. The zero-order valence-corrected chi connectivity index (χ0v) is 15.8. The SMILES string of the molecule is COc1ccc(F)cc1C(=O)CSc1nnc(Nc2ccccc2C)s1. The van der Waals surface area contributed by atoms with Gasteiger partial charge in [0.2, 0.25) is 5.13 Å². The number of para-hydroxylation sites is 1. The summed E-state index contributed by atoms with van der Waals surface area (Å²) in [5, 5.41) is 12.0. The lowest BCUT2D eigenvalue weighted by Gasteiger charge is -2.06. The highest BCUT2D eigenvalue weighted by Gasteiger charge is 2.15. The lowest BCUT2D eigenvalue weighted by molar-refractivity contribution is 0.101. The van der Waals surface area contributed by atoms with Gasteiger partial charge in [-0.25, -0.2) is 4.39 Å². The highest BCUT2D eigenvalue weighted by Crippen LogP contribution is 2.30. The van der Waals surface area contributed by atoms with E-state index < -0.39 is 5.82 Å². The summed E-state index contributed by atoms with van der Waals surface area (Å²) in [5.74, 6) is -0.218. The van der Waals surface area contributed by atoms with Crippen LogP contribution < -0.4 is 10.1 Å². The normalized spacial score (nSPS) is 10.6. The molecule has 0 atom stereocenters. The van der Waals surface area contributed by atoms with Gasteiger partial charge in [-0.05, 0) is 36.8 Å². The fourth-order valence-corrected chi connectivity index (χ4v) is 3.90. The van der Waals surface area contributed by atoms with Crippen LogP contribution in [-0.2, 0) is 0 Å². The van der Waals surface area contributed by atoms with Gasteiger partial charge in [-0.2, -0.15) is 0 Å². The molecule has 1 N–H and O–H groups in total. The van der Waals surface area contributed by atoms with Gasteiger partial charge in [0.05, 0.1) is 18.4 Å². The Balaban J connectivity index is 1.64. The number of carbonyl (C=O) groups excluding carboxylic acids is 1. The van der Waals surface area contributed by atoms with Gasteiger partial charge in [0.25, 0.3) is 0 Å². The first-order chi connectivity index (χ1) is 12.6. The molecule has 5 nitrogen and oxygen atoms in total. The summed E-state index contributed by atoms with van der Waals surface area (Å²) >= 11 is 2.62. The van der Waals surface area contributed by atoms with Crippen LogP contribution in [0.5, 0.6) is 5.75 Å². The zero-order valence-electron chi connectivity index (χ0n) is 14.2. The summed E-state index contributed by atoms with van der Waals surface area (Å²) in [6.45, 7) is 2.00. The Labute approximate surface area is 158 Å². The number of thioether (sulfide) groups is 1. The second kappa shape index (κ2) is 8.29. The number of ketones is 1. The van der Waals surface area contributed by atoms with Gasteiger partial charge < -0.3 is 10.1 Å². The molecule has 0 unspecified atom stereocenters. The molecular formula is C18H16FN3O2S2. The molecule has 0 saturated carbocycles. The number of nitrogens with one attached hydrogen (secondary N) is 1. The summed E-state index contributed by atoms with van der Waals surface area (Å²) in [4.78, 5) is 12.4. The topological polar surface area (TPSA) is 64.1 Å². The minimum atomic E-state index is -0.472. The average Bonchev–Trinajstić information content (AvgIpc) is 3.09. The van der Waals surface area contributed by atoms with Crippen LogP contribution in [0, 0.1) is 12.7 Å². The Morgan fingerprint density at radius 2 is 2.08 bits per heavy atom. The lowest BCUT2D eigenvalue weighted by atomic mass is 10.1. The Morgan fingerprint density at radius 3 is 2.85 bits per heavy atom. The Kier molecular flexibility index (Phi) is 5.85. The first-order valence-corrected chi connectivity index (χ1v) is 9.52. The van der Waals surface area contributed by atoms with E-state index in [-0.39, 0.29) is 17.1 Å². The maximum absolute atomic E-state index is 13.4. The van der Waals surface area contributed by atoms with E-state index in [9.17, 15) is 9.18 Å². The van der Waals surface area contributed by atoms with Crippen molar-refractivity contribution in [3.05, 3.63) is 59.4 Å². The molecule has 0 saturated heterocycles. The molecule has 134 valence electrons. The molecule has 0 aliphatic carbocycles. The lowest BCUT2D eigenvalue weighted by Crippen LogP contribution is -2.05. The number of anilines is 2. The van der Waals surface area contributed by atoms with Gasteiger partial charge in [-0.15, -0.1) is 10.2 Å². The van der Waals surface area contributed by atoms with Gasteiger partial charge in [0.1, 0.15) is 11.6 Å². The first-order valence-electron chi connectivity index (χ1n) is 7.72. The summed E-state index contributed by atoms with van der Waals surface area (Å²) in [6.07, 6.45) is 0. The van der Waals surface area contributed by atoms with Crippen LogP contribution >= 0.6 is 23.1 Å². The molecule has 0 aliphatic heterocycles. The maximum Gasteiger partial charge on any atom is 0.210 e. The van der Waals surface area contributed by atoms with E-state index in [1.807, 2.05) is 31.2 Å². The molecular weight excluding hydrogens is 373 g/mol. The van der Waals surface area contributed by atoms with E-state index in [4.69, 9.17) is 4.74 Å². The number of aryl methyl sites for hydroxylation is 1. The third-order valence-electron chi connectivity index (χ3n) is 3.58. The number of Topliss-reactive ketones (excluding diaryl/α,β-unsaturated/α-hetero) is 1. The number of ether oxygens (including phenoxy) is 1. The molecule has 0 radical (unpaired) electrons. The largest absolute Gasteiger partial charge is 0.496 e. The van der Waals surface area contributed by atoms with Crippen LogP contribution in [0.1, 0.15) is 15.9 Å². The van der Waals surface area contributed by atoms with E-state index >= 15 is 0 Å². The van der Waals surface area contributed by atoms with Crippen LogP contribution in [0.15, 0.2) is 46.8 Å². The predicted molar refractivity (Wildman–Crippen MR) is 102 cm³/mol. The fraction of sp³-hybridized carbons (Fsp3) is 0.167. The molecule has 0 aliphatic rings. The fourth-order valence-electron chi connectivity index (χ4n) is 2.25. The molecule has 26 heavy (non-hydrogen) atoms. The van der Waals surface area contributed by atoms with Crippen molar-refractivity contribution in [1.29, 1.82) is 0 Å². The third kappa shape index (κ3) is 4.39. The monoisotopic (exact) mass is 389 g/mol. The Morgan fingerprint density at radius 1 is 1.27 bits per heavy atom. The summed E-state index contributed by atoms with van der Waals surface area (Å²) in [6, 6.07) is 11.8. The second-order valence-electron chi connectivity index (χ2n) is 5.37. The minimum Gasteiger partial charge on any atom is -0.496 e. The highest BCUT2D eigenvalue weighted by atomic mass is 32.2. The standard InChI is InChI=1S/C18H16FN3O2S2/c1-11-5-3-4-6-14(11)20-17-21-22-18(26-17)25-10-15(23)13-9-12(19)7-8-16(13)24-2/h3-9H,10H2,1-2H3,(H,20,21). The van der Waals surface area contributed by atoms with Gasteiger partial charge in [-0.3, -0.25) is 4.79 Å². The number of aromatic nitrogens is 2. The van der Waals surface area contributed by atoms with Gasteiger partial charge >= 0.3 is 0 Å². The molecule has 3 aromatic rings. The second-order valence-corrected chi connectivity index (χ2v) is 7.57. The predicted octanol–water partition coefficient (Wildman–Crippen LogP) is 4.71. The van der Waals surface area contributed by atoms with Crippen molar-refractivity contribution in [2.75, 3.05) is 18.2 Å². The average molecular weight is 389 g/mol. The van der Waals surface area contributed by atoms with Crippen molar-refractivity contribution in [2.45, 2.75) is 11.3 Å². The molecule has 3 rings (SSSR count). The van der Waals surface area contributed by atoms with Crippen molar-refractivity contribution >= 4 is 39.7 Å². The Bertz CT molecular complexity index is 930. The van der Waals surface area contributed by atoms with Crippen LogP contribution in [0.25, 0.3) is 0 Å². The molecule has 0 amide bonds. The van der Waals surface area contributed by atoms with Crippen LogP contribution in [0.2, 0.25) is 0 Å². The number of halogens is 1. The van der Waals surface area contributed by atoms with Crippen LogP contribution in [0.3, 0.4) is 0 Å². The van der Waals surface area contributed by atoms with Crippen molar-refractivity contribution in [1.82, 2.24) is 10.2 Å². The van der Waals surface area contributed by atoms with E-state index in [1.165, 1.54) is 48.4 Å². The van der Waals surface area contributed by atoms with E-state index in [1.54, 1.807) is 0 Å². The third-order valence-corrected chi connectivity index (χ3v) is 5.55. The van der Waals surface area contributed by atoms with Crippen molar-refractivity contribution in [2.24, 2.45) is 0 Å². The number of rotatable bonds is 7. The molecule has 0 spiro atoms. The van der Waals surface area contributed by atoms with Gasteiger partial charge in [-0.1, -0.05) is 41.3 Å². The number of nitrogens with zero attached hydrogens (tertiary/aromatic N) is 2. The molecule has 2 aromatic carbocycles. The quantitative estimate of drug-likeness (QED) is 0.466. The van der Waals surface area contributed by atoms with Crippen molar-refractivity contribution in [3.8, 4) is 5.75 Å². The van der Waals surface area contributed by atoms with E-state index in [0.717, 1.165) is 11.3 Å². The van der Waals surface area contributed by atoms with Gasteiger partial charge in [0, 0.05) is 5.69 Å². The van der Waals surface area contributed by atoms with E-state index in [2.05, 4.69) is 15.5 Å². The summed E-state index contributed by atoms with van der Waals surface area (Å²) in [7, 11) is 1.45. The highest BCUT2D eigenvalue weighted by molar-refractivity contribution is 8.01. The molecule has 8 heteroatoms. The smallest absolute Gasteiger partial charge is 0.210 e. The maximum atomic E-state index is 13.4. The summed E-state index contributed by atoms with van der Waals surface area (Å²) in [5.41, 5.74) is 2.29. The molecule has 1 heterocycles. The number of benzene rings is 2. The zero-order chi connectivity index (χ0) is 18.5. The number of carbonyl (C=O) groups is 1. The van der Waals surface area contributed by atoms with Crippen molar-refractivity contribution < 1.29 is 13.9 Å². The van der Waals surface area contributed by atoms with Crippen LogP contribution in [-0.4, -0.2) is 28.8 Å². The minimum absolute atomic E-state index is 0.124. The van der Waals surface area contributed by atoms with Crippen molar-refractivity contribution in [3.63, 3.8) is 0 Å². The number of methoxy groups -OCH3 is 1. The van der Waals surface area contributed by atoms with Crippen LogP contribution in [0.4, 0.5) is 15.2 Å². The molecule has 1 aromatic heterocycles.